The molecule has 0 unspecified atom stereocenters. The number of methoxy groups -OCH3 is 2. The number of hydrogen-bond donors (Lipinski definition) is 0. The SMILES string of the molecule is COc1ccc(/C=C/c2ccc(/C=C/c3ccc(/C=C/c4ccc(OC)cc4)cc3)cc2)cc1. The van der Waals surface area contributed by atoms with E-state index in [0.717, 1.165) is 22.6 Å². The van der Waals surface area contributed by atoms with Crippen molar-refractivity contribution >= 4 is 36.5 Å². The van der Waals surface area contributed by atoms with Gasteiger partial charge in [-0.05, 0) is 57.6 Å². The molecule has 168 valence electrons. The third kappa shape index (κ3) is 6.60. The molecular formula is C32H28O2. The van der Waals surface area contributed by atoms with Crippen molar-refractivity contribution in [2.75, 3.05) is 14.2 Å². The molecule has 0 amide bonds. The monoisotopic (exact) mass is 444 g/mol. The standard InChI is InChI=1S/C32H28O2/c1-33-31-21-17-29(18-22-31)15-13-27-9-5-25(6-10-27)3-4-26-7-11-28(12-8-26)14-16-30-19-23-32(34-2)24-20-30/h3-24H,1-2H3/b4-3+,15-13+,16-14+. The summed E-state index contributed by atoms with van der Waals surface area (Å²) in [5.74, 6) is 1.74. The molecule has 4 rings (SSSR count). The fraction of sp³-hybridized carbons (Fsp3) is 0.0625. The minimum Gasteiger partial charge on any atom is -0.497 e. The highest BCUT2D eigenvalue weighted by atomic mass is 16.5. The fourth-order valence-electron chi connectivity index (χ4n) is 3.44. The number of ether oxygens (including phenoxy) is 2. The number of benzene rings is 4. The van der Waals surface area contributed by atoms with E-state index in [9.17, 15) is 0 Å². The zero-order valence-corrected chi connectivity index (χ0v) is 19.5. The van der Waals surface area contributed by atoms with E-state index >= 15 is 0 Å². The molecule has 0 radical (unpaired) electrons. The van der Waals surface area contributed by atoms with Gasteiger partial charge in [-0.15, -0.1) is 0 Å². The Bertz CT molecular complexity index is 1160. The first kappa shape index (κ1) is 22.9. The van der Waals surface area contributed by atoms with Gasteiger partial charge in [0, 0.05) is 0 Å². The Morgan fingerprint density at radius 3 is 0.676 bits per heavy atom. The zero-order valence-electron chi connectivity index (χ0n) is 19.5. The van der Waals surface area contributed by atoms with Gasteiger partial charge in [0.2, 0.25) is 0 Å². The first-order valence-electron chi connectivity index (χ1n) is 11.2. The van der Waals surface area contributed by atoms with Crippen molar-refractivity contribution in [1.29, 1.82) is 0 Å². The first-order valence-corrected chi connectivity index (χ1v) is 11.2. The minimum absolute atomic E-state index is 0.868. The van der Waals surface area contributed by atoms with Crippen LogP contribution in [0.25, 0.3) is 36.5 Å². The van der Waals surface area contributed by atoms with E-state index in [0.29, 0.717) is 0 Å². The Hall–Kier alpha value is -4.30. The molecule has 0 aliphatic carbocycles. The van der Waals surface area contributed by atoms with Gasteiger partial charge in [-0.1, -0.05) is 109 Å². The second-order valence-electron chi connectivity index (χ2n) is 7.88. The highest BCUT2D eigenvalue weighted by molar-refractivity contribution is 5.74. The minimum atomic E-state index is 0.868. The van der Waals surface area contributed by atoms with Gasteiger partial charge in [0.15, 0.2) is 0 Å². The maximum Gasteiger partial charge on any atom is 0.118 e. The van der Waals surface area contributed by atoms with E-state index in [1.807, 2.05) is 48.5 Å². The maximum absolute atomic E-state index is 5.20. The van der Waals surface area contributed by atoms with Crippen LogP contribution < -0.4 is 9.47 Å². The highest BCUT2D eigenvalue weighted by Gasteiger charge is 1.94. The molecule has 2 heteroatoms. The van der Waals surface area contributed by atoms with Crippen molar-refractivity contribution in [1.82, 2.24) is 0 Å². The van der Waals surface area contributed by atoms with Crippen LogP contribution >= 0.6 is 0 Å². The topological polar surface area (TPSA) is 18.5 Å². The lowest BCUT2D eigenvalue weighted by Crippen LogP contribution is -1.81. The van der Waals surface area contributed by atoms with Crippen LogP contribution in [0.4, 0.5) is 0 Å². The maximum atomic E-state index is 5.20. The predicted molar refractivity (Wildman–Crippen MR) is 146 cm³/mol. The van der Waals surface area contributed by atoms with Crippen LogP contribution in [0, 0.1) is 0 Å². The van der Waals surface area contributed by atoms with Crippen LogP contribution in [0.2, 0.25) is 0 Å². The first-order chi connectivity index (χ1) is 16.7. The van der Waals surface area contributed by atoms with Crippen molar-refractivity contribution in [2.24, 2.45) is 0 Å². The lowest BCUT2D eigenvalue weighted by atomic mass is 10.1. The van der Waals surface area contributed by atoms with E-state index in [-0.39, 0.29) is 0 Å². The van der Waals surface area contributed by atoms with E-state index in [1.54, 1.807) is 14.2 Å². The van der Waals surface area contributed by atoms with Gasteiger partial charge >= 0.3 is 0 Å². The normalized spacial score (nSPS) is 11.5. The Morgan fingerprint density at radius 1 is 0.324 bits per heavy atom. The molecule has 4 aromatic rings. The van der Waals surface area contributed by atoms with Crippen molar-refractivity contribution in [3.8, 4) is 11.5 Å². The predicted octanol–water partition coefficient (Wildman–Crippen LogP) is 8.22. The molecule has 4 aromatic carbocycles. The van der Waals surface area contributed by atoms with Crippen LogP contribution in [0.15, 0.2) is 97.1 Å². The van der Waals surface area contributed by atoms with Crippen LogP contribution in [-0.2, 0) is 0 Å². The number of rotatable bonds is 8. The van der Waals surface area contributed by atoms with Crippen LogP contribution in [-0.4, -0.2) is 14.2 Å². The second-order valence-corrected chi connectivity index (χ2v) is 7.88. The third-order valence-electron chi connectivity index (χ3n) is 5.51. The molecule has 0 bridgehead atoms. The molecule has 0 spiro atoms. The summed E-state index contributed by atoms with van der Waals surface area (Å²) in [6.07, 6.45) is 12.7. The van der Waals surface area contributed by atoms with Gasteiger partial charge in [0.25, 0.3) is 0 Å². The molecule has 0 aromatic heterocycles. The number of hydrogen-bond acceptors (Lipinski definition) is 2. The lowest BCUT2D eigenvalue weighted by molar-refractivity contribution is 0.414. The van der Waals surface area contributed by atoms with Crippen molar-refractivity contribution in [3.63, 3.8) is 0 Å². The summed E-state index contributed by atoms with van der Waals surface area (Å²) >= 11 is 0. The summed E-state index contributed by atoms with van der Waals surface area (Å²) in [6.45, 7) is 0. The summed E-state index contributed by atoms with van der Waals surface area (Å²) in [7, 11) is 3.36. The van der Waals surface area contributed by atoms with Crippen molar-refractivity contribution in [2.45, 2.75) is 0 Å². The Labute approximate surface area is 202 Å². The highest BCUT2D eigenvalue weighted by Crippen LogP contribution is 2.17. The van der Waals surface area contributed by atoms with Crippen LogP contribution in [0.3, 0.4) is 0 Å². The van der Waals surface area contributed by atoms with Gasteiger partial charge in [-0.25, -0.2) is 0 Å². The quantitative estimate of drug-likeness (QED) is 0.255. The second kappa shape index (κ2) is 11.5. The van der Waals surface area contributed by atoms with Crippen molar-refractivity contribution in [3.05, 3.63) is 130 Å². The average Bonchev–Trinajstić information content (AvgIpc) is 2.91. The summed E-state index contributed by atoms with van der Waals surface area (Å²) < 4.78 is 10.4. The summed E-state index contributed by atoms with van der Waals surface area (Å²) in [6, 6.07) is 33.1. The largest absolute Gasteiger partial charge is 0.497 e. The van der Waals surface area contributed by atoms with Gasteiger partial charge in [-0.3, -0.25) is 0 Å². The molecule has 0 N–H and O–H groups in total. The van der Waals surface area contributed by atoms with Crippen LogP contribution in [0.5, 0.6) is 11.5 Å². The molecule has 0 heterocycles. The van der Waals surface area contributed by atoms with Gasteiger partial charge in [0.1, 0.15) is 11.5 Å². The Kier molecular flexibility index (Phi) is 7.76. The van der Waals surface area contributed by atoms with E-state index in [4.69, 9.17) is 9.47 Å². The molecule has 0 atom stereocenters. The molecule has 0 aliphatic heterocycles. The molecular weight excluding hydrogens is 416 g/mol. The Morgan fingerprint density at radius 2 is 0.500 bits per heavy atom. The Balaban J connectivity index is 1.33. The van der Waals surface area contributed by atoms with Gasteiger partial charge in [-0.2, -0.15) is 0 Å². The molecule has 34 heavy (non-hydrogen) atoms. The fourth-order valence-corrected chi connectivity index (χ4v) is 3.44. The molecule has 0 saturated heterocycles. The molecule has 2 nitrogen and oxygen atoms in total. The van der Waals surface area contributed by atoms with Crippen LogP contribution in [0.1, 0.15) is 33.4 Å². The molecule has 0 saturated carbocycles. The summed E-state index contributed by atoms with van der Waals surface area (Å²) in [5, 5.41) is 0. The smallest absolute Gasteiger partial charge is 0.118 e. The van der Waals surface area contributed by atoms with E-state index in [1.165, 1.54) is 22.3 Å². The average molecular weight is 445 g/mol. The van der Waals surface area contributed by atoms with Gasteiger partial charge in [0.05, 0.1) is 14.2 Å². The summed E-state index contributed by atoms with van der Waals surface area (Å²) in [5.41, 5.74) is 6.97. The van der Waals surface area contributed by atoms with E-state index < -0.39 is 0 Å². The summed E-state index contributed by atoms with van der Waals surface area (Å²) in [4.78, 5) is 0. The zero-order chi connectivity index (χ0) is 23.6. The lowest BCUT2D eigenvalue weighted by Gasteiger charge is -2.00. The van der Waals surface area contributed by atoms with Gasteiger partial charge < -0.3 is 9.47 Å². The van der Waals surface area contributed by atoms with E-state index in [2.05, 4.69) is 85.0 Å². The van der Waals surface area contributed by atoms with Crippen molar-refractivity contribution < 1.29 is 9.47 Å². The molecule has 0 aliphatic rings. The molecule has 0 fully saturated rings. The third-order valence-corrected chi connectivity index (χ3v) is 5.51.